The lowest BCUT2D eigenvalue weighted by Gasteiger charge is -2.06. The van der Waals surface area contributed by atoms with Gasteiger partial charge in [-0.3, -0.25) is 0 Å². The SMILES string of the molecule is COc1nn(C(=O)N(C)C)c(=O)n1N. The van der Waals surface area contributed by atoms with Crippen LogP contribution in [0, 0.1) is 0 Å². The Labute approximate surface area is 79.4 Å². The number of nitrogen functional groups attached to an aromatic ring is 1. The summed E-state index contributed by atoms with van der Waals surface area (Å²) in [4.78, 5) is 23.9. The van der Waals surface area contributed by atoms with Crippen molar-refractivity contribution in [2.45, 2.75) is 0 Å². The van der Waals surface area contributed by atoms with Crippen LogP contribution < -0.4 is 16.3 Å². The van der Waals surface area contributed by atoms with Gasteiger partial charge in [0.1, 0.15) is 0 Å². The molecule has 14 heavy (non-hydrogen) atoms. The van der Waals surface area contributed by atoms with E-state index in [0.717, 1.165) is 0 Å². The number of hydrogen-bond donors (Lipinski definition) is 1. The van der Waals surface area contributed by atoms with Crippen molar-refractivity contribution in [1.29, 1.82) is 0 Å². The van der Waals surface area contributed by atoms with E-state index in [9.17, 15) is 9.59 Å². The molecule has 1 aromatic heterocycles. The van der Waals surface area contributed by atoms with Crippen molar-refractivity contribution < 1.29 is 9.53 Å². The molecule has 0 aliphatic carbocycles. The van der Waals surface area contributed by atoms with Gasteiger partial charge in [0, 0.05) is 14.1 Å². The van der Waals surface area contributed by atoms with E-state index in [1.807, 2.05) is 0 Å². The molecule has 0 saturated heterocycles. The second kappa shape index (κ2) is 3.40. The first-order valence-corrected chi connectivity index (χ1v) is 3.71. The van der Waals surface area contributed by atoms with Crippen LogP contribution in [0.2, 0.25) is 0 Å². The van der Waals surface area contributed by atoms with Crippen molar-refractivity contribution in [3.8, 4) is 6.01 Å². The number of rotatable bonds is 1. The molecular formula is C6H11N5O3. The van der Waals surface area contributed by atoms with Gasteiger partial charge < -0.3 is 15.5 Å². The zero-order chi connectivity index (χ0) is 10.9. The number of hydrogen-bond acceptors (Lipinski definition) is 5. The van der Waals surface area contributed by atoms with Gasteiger partial charge in [0.15, 0.2) is 0 Å². The van der Waals surface area contributed by atoms with E-state index in [1.54, 1.807) is 0 Å². The summed E-state index contributed by atoms with van der Waals surface area (Å²) in [5.41, 5.74) is -0.749. The molecule has 0 unspecified atom stereocenters. The van der Waals surface area contributed by atoms with Gasteiger partial charge in [-0.05, 0) is 0 Å². The van der Waals surface area contributed by atoms with E-state index >= 15 is 0 Å². The van der Waals surface area contributed by atoms with Gasteiger partial charge >= 0.3 is 17.7 Å². The maximum atomic E-state index is 11.3. The highest BCUT2D eigenvalue weighted by Gasteiger charge is 2.18. The summed E-state index contributed by atoms with van der Waals surface area (Å²) in [5, 5.41) is 3.58. The van der Waals surface area contributed by atoms with Crippen molar-refractivity contribution in [3.05, 3.63) is 10.5 Å². The Morgan fingerprint density at radius 2 is 2.14 bits per heavy atom. The fourth-order valence-corrected chi connectivity index (χ4v) is 0.814. The number of carbonyl (C=O) groups is 1. The van der Waals surface area contributed by atoms with Crippen molar-refractivity contribution in [2.24, 2.45) is 0 Å². The van der Waals surface area contributed by atoms with E-state index in [1.165, 1.54) is 26.1 Å². The normalized spacial score (nSPS) is 9.93. The lowest BCUT2D eigenvalue weighted by molar-refractivity contribution is 0.214. The Balaban J connectivity index is 3.24. The predicted octanol–water partition coefficient (Wildman–Crippen LogP) is -1.70. The molecule has 8 heteroatoms. The molecule has 0 atom stereocenters. The van der Waals surface area contributed by atoms with Crippen LogP contribution in [0.5, 0.6) is 6.01 Å². The molecule has 0 aliphatic heterocycles. The second-order valence-electron chi connectivity index (χ2n) is 2.73. The number of amides is 1. The first-order chi connectivity index (χ1) is 6.49. The number of nitrogens with zero attached hydrogens (tertiary/aromatic N) is 4. The highest BCUT2D eigenvalue weighted by Crippen LogP contribution is 1.97. The number of ether oxygens (including phenoxy) is 1. The quantitative estimate of drug-likeness (QED) is 0.546. The fraction of sp³-hybridized carbons (Fsp3) is 0.500. The number of nitrogens with two attached hydrogens (primary N) is 1. The van der Waals surface area contributed by atoms with Crippen LogP contribution in [-0.2, 0) is 0 Å². The molecule has 1 heterocycles. The van der Waals surface area contributed by atoms with Gasteiger partial charge in [-0.25, -0.2) is 9.59 Å². The summed E-state index contributed by atoms with van der Waals surface area (Å²) in [5.74, 6) is 5.28. The van der Waals surface area contributed by atoms with Crippen LogP contribution in [0.4, 0.5) is 4.79 Å². The van der Waals surface area contributed by atoms with Crippen LogP contribution in [0.3, 0.4) is 0 Å². The summed E-state index contributed by atoms with van der Waals surface area (Å²) in [6.07, 6.45) is 0. The van der Waals surface area contributed by atoms with Crippen LogP contribution >= 0.6 is 0 Å². The third-order valence-electron chi connectivity index (χ3n) is 1.53. The zero-order valence-corrected chi connectivity index (χ0v) is 8.09. The zero-order valence-electron chi connectivity index (χ0n) is 8.09. The van der Waals surface area contributed by atoms with E-state index < -0.39 is 11.7 Å². The van der Waals surface area contributed by atoms with E-state index in [4.69, 9.17) is 5.84 Å². The average molecular weight is 201 g/mol. The summed E-state index contributed by atoms with van der Waals surface area (Å²) < 4.78 is 5.95. The van der Waals surface area contributed by atoms with Gasteiger partial charge in [-0.2, -0.15) is 4.68 Å². The Hall–Kier alpha value is -1.99. The lowest BCUT2D eigenvalue weighted by atomic mass is 10.8. The molecule has 0 fully saturated rings. The van der Waals surface area contributed by atoms with E-state index in [2.05, 4.69) is 9.84 Å². The van der Waals surface area contributed by atoms with Gasteiger partial charge in [0.2, 0.25) is 0 Å². The summed E-state index contributed by atoms with van der Waals surface area (Å²) in [7, 11) is 4.29. The Kier molecular flexibility index (Phi) is 2.45. The summed E-state index contributed by atoms with van der Waals surface area (Å²) >= 11 is 0. The minimum atomic E-state index is -0.749. The van der Waals surface area contributed by atoms with Crippen molar-refractivity contribution in [2.75, 3.05) is 27.0 Å². The molecule has 78 valence electrons. The average Bonchev–Trinajstić information content (AvgIpc) is 2.43. The third kappa shape index (κ3) is 1.41. The van der Waals surface area contributed by atoms with Crippen LogP contribution in [0.15, 0.2) is 4.79 Å². The summed E-state index contributed by atoms with van der Waals surface area (Å²) in [6.45, 7) is 0. The molecular weight excluding hydrogens is 190 g/mol. The first-order valence-electron chi connectivity index (χ1n) is 3.71. The minimum Gasteiger partial charge on any atom is -0.466 e. The molecule has 0 aromatic carbocycles. The molecule has 1 amide bonds. The molecule has 1 aromatic rings. The standard InChI is InChI=1S/C6H11N5O3/c1-9(2)5(12)11-6(13)10(7)4(8-11)14-3/h7H2,1-3H3. The molecule has 0 aliphatic rings. The van der Waals surface area contributed by atoms with E-state index in [0.29, 0.717) is 9.36 Å². The maximum absolute atomic E-state index is 11.3. The van der Waals surface area contributed by atoms with Gasteiger partial charge in [-0.1, -0.05) is 0 Å². The fourth-order valence-electron chi connectivity index (χ4n) is 0.814. The molecule has 8 nitrogen and oxygen atoms in total. The highest BCUT2D eigenvalue weighted by atomic mass is 16.5. The maximum Gasteiger partial charge on any atom is 0.376 e. The summed E-state index contributed by atoms with van der Waals surface area (Å²) in [6, 6.07) is -0.706. The third-order valence-corrected chi connectivity index (χ3v) is 1.53. The first kappa shape index (κ1) is 10.1. The molecule has 2 N–H and O–H groups in total. The van der Waals surface area contributed by atoms with Gasteiger partial charge in [0.25, 0.3) is 0 Å². The van der Waals surface area contributed by atoms with Crippen molar-refractivity contribution in [1.82, 2.24) is 19.4 Å². The minimum absolute atomic E-state index is 0.120. The number of carbonyl (C=O) groups excluding carboxylic acids is 1. The monoisotopic (exact) mass is 201 g/mol. The van der Waals surface area contributed by atoms with Crippen LogP contribution in [0.25, 0.3) is 0 Å². The Morgan fingerprint density at radius 1 is 1.57 bits per heavy atom. The number of methoxy groups -OCH3 is 1. The Morgan fingerprint density at radius 3 is 2.50 bits per heavy atom. The smallest absolute Gasteiger partial charge is 0.376 e. The lowest BCUT2D eigenvalue weighted by Crippen LogP contribution is -2.38. The molecule has 0 saturated carbocycles. The molecule has 0 radical (unpaired) electrons. The van der Waals surface area contributed by atoms with Crippen molar-refractivity contribution >= 4 is 6.03 Å². The largest absolute Gasteiger partial charge is 0.466 e. The van der Waals surface area contributed by atoms with E-state index in [-0.39, 0.29) is 6.01 Å². The highest BCUT2D eigenvalue weighted by molar-refractivity contribution is 5.75. The van der Waals surface area contributed by atoms with Crippen LogP contribution in [0.1, 0.15) is 0 Å². The van der Waals surface area contributed by atoms with Gasteiger partial charge in [-0.15, -0.1) is 9.78 Å². The second-order valence-corrected chi connectivity index (χ2v) is 2.73. The topological polar surface area (TPSA) is 95.4 Å². The molecule has 0 spiro atoms. The molecule has 1 rings (SSSR count). The van der Waals surface area contributed by atoms with Crippen molar-refractivity contribution in [3.63, 3.8) is 0 Å². The predicted molar refractivity (Wildman–Crippen MR) is 47.7 cm³/mol. The van der Waals surface area contributed by atoms with Gasteiger partial charge in [0.05, 0.1) is 7.11 Å². The number of aromatic nitrogens is 3. The Bertz CT molecular complexity index is 404. The molecule has 0 bridgehead atoms. The van der Waals surface area contributed by atoms with Crippen LogP contribution in [-0.4, -0.2) is 46.6 Å².